The molecule has 0 spiro atoms. The molecular weight excluding hydrogens is 272 g/mol. The van der Waals surface area contributed by atoms with Gasteiger partial charge in [0.1, 0.15) is 12.1 Å². The molecule has 1 aromatic rings. The molecule has 2 rings (SSSR count). The summed E-state index contributed by atoms with van der Waals surface area (Å²) in [7, 11) is 1.61. The highest BCUT2D eigenvalue weighted by atomic mass is 16.5. The van der Waals surface area contributed by atoms with Crippen molar-refractivity contribution >= 4 is 11.8 Å². The van der Waals surface area contributed by atoms with Crippen LogP contribution in [-0.2, 0) is 4.79 Å². The van der Waals surface area contributed by atoms with Gasteiger partial charge in [-0.05, 0) is 25.7 Å². The largest absolute Gasteiger partial charge is 0.481 e. The molecule has 0 aromatic carbocycles. The van der Waals surface area contributed by atoms with Crippen LogP contribution in [0.3, 0.4) is 0 Å². The summed E-state index contributed by atoms with van der Waals surface area (Å²) in [5.41, 5.74) is 0.944. The maximum Gasteiger partial charge on any atom is 0.317 e. The van der Waals surface area contributed by atoms with Crippen LogP contribution in [0, 0.1) is 12.8 Å². The number of rotatable bonds is 6. The first-order chi connectivity index (χ1) is 10.1. The predicted molar refractivity (Wildman–Crippen MR) is 78.8 cm³/mol. The third kappa shape index (κ3) is 4.04. The highest BCUT2D eigenvalue weighted by Gasteiger charge is 2.23. The molecular formula is C14H22N4O3. The van der Waals surface area contributed by atoms with E-state index in [1.165, 1.54) is 6.33 Å². The molecule has 0 bridgehead atoms. The first-order valence-electron chi connectivity index (χ1n) is 7.15. The van der Waals surface area contributed by atoms with Crippen molar-refractivity contribution in [2.75, 3.05) is 38.2 Å². The van der Waals surface area contributed by atoms with Crippen molar-refractivity contribution in [3.05, 3.63) is 11.9 Å². The molecule has 1 unspecified atom stereocenters. The Kier molecular flexibility index (Phi) is 5.32. The molecule has 7 nitrogen and oxygen atoms in total. The van der Waals surface area contributed by atoms with Crippen molar-refractivity contribution in [1.29, 1.82) is 0 Å². The maximum absolute atomic E-state index is 10.5. The second-order valence-electron chi connectivity index (χ2n) is 5.31. The Balaban J connectivity index is 1.99. The molecule has 1 aliphatic rings. The highest BCUT2D eigenvalue weighted by Crippen LogP contribution is 2.27. The Morgan fingerprint density at radius 3 is 3.10 bits per heavy atom. The normalized spacial score (nSPS) is 18.6. The van der Waals surface area contributed by atoms with Crippen molar-refractivity contribution in [3.8, 4) is 5.88 Å². The molecule has 21 heavy (non-hydrogen) atoms. The van der Waals surface area contributed by atoms with Gasteiger partial charge >= 0.3 is 5.97 Å². The smallest absolute Gasteiger partial charge is 0.317 e. The zero-order valence-electron chi connectivity index (χ0n) is 12.5. The van der Waals surface area contributed by atoms with Crippen LogP contribution in [0.1, 0.15) is 18.4 Å². The maximum atomic E-state index is 10.5. The van der Waals surface area contributed by atoms with Crippen LogP contribution in [0.4, 0.5) is 5.82 Å². The summed E-state index contributed by atoms with van der Waals surface area (Å²) in [6.07, 6.45) is 3.70. The van der Waals surface area contributed by atoms with Crippen molar-refractivity contribution in [1.82, 2.24) is 15.3 Å². The summed E-state index contributed by atoms with van der Waals surface area (Å²) in [6.45, 7) is 4.51. The van der Waals surface area contributed by atoms with Crippen molar-refractivity contribution in [2.24, 2.45) is 5.92 Å². The van der Waals surface area contributed by atoms with Crippen LogP contribution in [0.5, 0.6) is 5.88 Å². The number of carboxylic acid groups (broad SMARTS) is 1. The summed E-state index contributed by atoms with van der Waals surface area (Å²) in [5, 5.41) is 11.6. The van der Waals surface area contributed by atoms with E-state index in [9.17, 15) is 4.79 Å². The van der Waals surface area contributed by atoms with Crippen molar-refractivity contribution in [3.63, 3.8) is 0 Å². The Labute approximate surface area is 124 Å². The number of piperidine rings is 1. The monoisotopic (exact) mass is 294 g/mol. The van der Waals surface area contributed by atoms with Gasteiger partial charge in [-0.15, -0.1) is 0 Å². The molecule has 1 aliphatic heterocycles. The van der Waals surface area contributed by atoms with Gasteiger partial charge in [0.15, 0.2) is 0 Å². The van der Waals surface area contributed by atoms with E-state index in [2.05, 4.69) is 20.2 Å². The zero-order chi connectivity index (χ0) is 15.2. The minimum Gasteiger partial charge on any atom is -0.481 e. The quantitative estimate of drug-likeness (QED) is 0.798. The molecule has 2 N–H and O–H groups in total. The minimum absolute atomic E-state index is 0.0108. The van der Waals surface area contributed by atoms with Crippen LogP contribution in [-0.4, -0.2) is 54.3 Å². The van der Waals surface area contributed by atoms with E-state index >= 15 is 0 Å². The zero-order valence-corrected chi connectivity index (χ0v) is 12.5. The fourth-order valence-electron chi connectivity index (χ4n) is 2.76. The number of hydrogen-bond donors (Lipinski definition) is 2. The lowest BCUT2D eigenvalue weighted by Gasteiger charge is -2.34. The number of aliphatic carboxylic acids is 1. The number of aromatic nitrogens is 2. The highest BCUT2D eigenvalue weighted by molar-refractivity contribution is 5.68. The molecule has 7 heteroatoms. The topological polar surface area (TPSA) is 87.6 Å². The van der Waals surface area contributed by atoms with Crippen molar-refractivity contribution < 1.29 is 14.6 Å². The van der Waals surface area contributed by atoms with Gasteiger partial charge in [-0.2, -0.15) is 0 Å². The number of carboxylic acids is 1. The third-order valence-corrected chi connectivity index (χ3v) is 3.73. The first kappa shape index (κ1) is 15.5. The van der Waals surface area contributed by atoms with Crippen LogP contribution in [0.15, 0.2) is 6.33 Å². The Morgan fingerprint density at radius 2 is 2.38 bits per heavy atom. The van der Waals surface area contributed by atoms with Crippen LogP contribution < -0.4 is 15.0 Å². The number of anilines is 1. The molecule has 1 atom stereocenters. The van der Waals surface area contributed by atoms with Gasteiger partial charge in [0.2, 0.25) is 5.88 Å². The molecule has 0 saturated carbocycles. The molecule has 1 aromatic heterocycles. The molecule has 0 radical (unpaired) electrons. The van der Waals surface area contributed by atoms with E-state index in [1.54, 1.807) is 7.11 Å². The molecule has 0 amide bonds. The molecule has 116 valence electrons. The summed E-state index contributed by atoms with van der Waals surface area (Å²) in [5.74, 6) is 1.12. The van der Waals surface area contributed by atoms with Gasteiger partial charge in [-0.1, -0.05) is 0 Å². The number of nitrogens with zero attached hydrogens (tertiary/aromatic N) is 3. The van der Waals surface area contributed by atoms with Gasteiger partial charge in [0, 0.05) is 19.6 Å². The van der Waals surface area contributed by atoms with E-state index in [0.717, 1.165) is 37.3 Å². The van der Waals surface area contributed by atoms with Crippen LogP contribution in [0.25, 0.3) is 0 Å². The lowest BCUT2D eigenvalue weighted by atomic mass is 9.97. The van der Waals surface area contributed by atoms with Gasteiger partial charge in [-0.3, -0.25) is 4.79 Å². The lowest BCUT2D eigenvalue weighted by molar-refractivity contribution is -0.136. The van der Waals surface area contributed by atoms with E-state index in [0.29, 0.717) is 18.3 Å². The molecule has 1 saturated heterocycles. The molecule has 2 heterocycles. The van der Waals surface area contributed by atoms with Crippen molar-refractivity contribution in [2.45, 2.75) is 19.8 Å². The fourth-order valence-corrected chi connectivity index (χ4v) is 2.76. The van der Waals surface area contributed by atoms with Gasteiger partial charge in [0.05, 0.1) is 19.2 Å². The number of methoxy groups -OCH3 is 1. The third-order valence-electron chi connectivity index (χ3n) is 3.73. The minimum atomic E-state index is -0.820. The lowest BCUT2D eigenvalue weighted by Crippen LogP contribution is -2.41. The van der Waals surface area contributed by atoms with E-state index in [4.69, 9.17) is 9.84 Å². The average molecular weight is 294 g/mol. The van der Waals surface area contributed by atoms with Gasteiger partial charge < -0.3 is 20.1 Å². The SMILES string of the molecule is COc1ncnc(N2CCCC(CNCC(=O)O)C2)c1C. The summed E-state index contributed by atoms with van der Waals surface area (Å²) < 4.78 is 5.24. The molecule has 1 fully saturated rings. The average Bonchev–Trinajstić information content (AvgIpc) is 2.47. The Hall–Kier alpha value is -1.89. The number of ether oxygens (including phenoxy) is 1. The number of carbonyl (C=O) groups is 1. The summed E-state index contributed by atoms with van der Waals surface area (Å²) in [4.78, 5) is 21.2. The Morgan fingerprint density at radius 1 is 1.57 bits per heavy atom. The van der Waals surface area contributed by atoms with Gasteiger partial charge in [-0.25, -0.2) is 9.97 Å². The number of hydrogen-bond acceptors (Lipinski definition) is 6. The summed E-state index contributed by atoms with van der Waals surface area (Å²) in [6, 6.07) is 0. The first-order valence-corrected chi connectivity index (χ1v) is 7.15. The van der Waals surface area contributed by atoms with E-state index < -0.39 is 5.97 Å². The van der Waals surface area contributed by atoms with Crippen LogP contribution >= 0.6 is 0 Å². The standard InChI is InChI=1S/C14H22N4O3/c1-10-13(16-9-17-14(10)21-2)18-5-3-4-11(8-18)6-15-7-12(19)20/h9,11,15H,3-8H2,1-2H3,(H,19,20). The van der Waals surface area contributed by atoms with Crippen LogP contribution in [0.2, 0.25) is 0 Å². The van der Waals surface area contributed by atoms with E-state index in [1.807, 2.05) is 6.92 Å². The second kappa shape index (κ2) is 7.21. The molecule has 0 aliphatic carbocycles. The van der Waals surface area contributed by atoms with Gasteiger partial charge in [0.25, 0.3) is 0 Å². The fraction of sp³-hybridized carbons (Fsp3) is 0.643. The van der Waals surface area contributed by atoms with E-state index in [-0.39, 0.29) is 6.54 Å². The summed E-state index contributed by atoms with van der Waals surface area (Å²) >= 11 is 0. The number of nitrogens with one attached hydrogen (secondary N) is 1. The second-order valence-corrected chi connectivity index (χ2v) is 5.31. The Bertz CT molecular complexity index is 495. The predicted octanol–water partition coefficient (Wildman–Crippen LogP) is 0.684.